The highest BCUT2D eigenvalue weighted by Crippen LogP contribution is 2.33. The highest BCUT2D eigenvalue weighted by molar-refractivity contribution is 5.83. The normalized spacial score (nSPS) is 12.0. The fraction of sp³-hybridized carbons (Fsp3) is 0.514. The number of hydrogen-bond donors (Lipinski definition) is 0. The van der Waals surface area contributed by atoms with Gasteiger partial charge in [0.2, 0.25) is 0 Å². The predicted molar refractivity (Wildman–Crippen MR) is 169 cm³/mol. The number of ether oxygens (including phenoxy) is 2. The van der Waals surface area contributed by atoms with Gasteiger partial charge in [-0.1, -0.05) is 145 Å². The maximum Gasteiger partial charge on any atom is 0.119 e. The van der Waals surface area contributed by atoms with Crippen LogP contribution in [0, 0.1) is 0 Å². The molecule has 2 nitrogen and oxygen atoms in total. The Kier molecular flexibility index (Phi) is 14.8. The molecule has 0 N–H and O–H groups in total. The van der Waals surface area contributed by atoms with Crippen LogP contribution in [0.15, 0.2) is 72.8 Å². The summed E-state index contributed by atoms with van der Waals surface area (Å²) in [6.45, 7) is 7.97. The minimum Gasteiger partial charge on any atom is -0.494 e. The van der Waals surface area contributed by atoms with Crippen molar-refractivity contribution in [3.8, 4) is 28.0 Å². The molecule has 0 heterocycles. The predicted octanol–water partition coefficient (Wildman–Crippen LogP) is 11.6. The maximum atomic E-state index is 6.06. The molecule has 1 atom stereocenters. The molecule has 0 aromatic heterocycles. The lowest BCUT2D eigenvalue weighted by Gasteiger charge is -2.14. The van der Waals surface area contributed by atoms with Crippen LogP contribution in [0.1, 0.15) is 116 Å². The maximum absolute atomic E-state index is 6.06. The quantitative estimate of drug-likeness (QED) is 0.136. The van der Waals surface area contributed by atoms with E-state index in [2.05, 4.69) is 86.6 Å². The summed E-state index contributed by atoms with van der Waals surface area (Å²) < 4.78 is 11.8. The monoisotopic (exact) mass is 528 g/mol. The van der Waals surface area contributed by atoms with Crippen LogP contribution < -0.4 is 4.74 Å². The molecule has 0 bridgehead atoms. The van der Waals surface area contributed by atoms with Gasteiger partial charge in [0.05, 0.1) is 12.7 Å². The van der Waals surface area contributed by atoms with Crippen molar-refractivity contribution in [1.29, 1.82) is 0 Å². The Morgan fingerprint density at radius 2 is 1.00 bits per heavy atom. The average Bonchev–Trinajstić information content (AvgIpc) is 2.98. The lowest BCUT2D eigenvalue weighted by atomic mass is 9.94. The van der Waals surface area contributed by atoms with Crippen LogP contribution in [0.25, 0.3) is 22.3 Å². The number of unbranched alkanes of at least 4 members (excludes halogenated alkanes) is 12. The SMILES string of the molecule is CCCCCCCCCCCCCCCOc1ccc(-c2ccccc2-c2ccc(C(C)OCC)cc2)cc1. The van der Waals surface area contributed by atoms with Gasteiger partial charge in [-0.3, -0.25) is 0 Å². The molecule has 0 aliphatic rings. The summed E-state index contributed by atoms with van der Waals surface area (Å²) in [5, 5.41) is 0. The van der Waals surface area contributed by atoms with E-state index in [1.807, 2.05) is 6.92 Å². The van der Waals surface area contributed by atoms with E-state index in [1.54, 1.807) is 0 Å². The first-order chi connectivity index (χ1) is 19.2. The first-order valence-corrected chi connectivity index (χ1v) is 15.8. The van der Waals surface area contributed by atoms with Crippen molar-refractivity contribution in [1.82, 2.24) is 0 Å². The largest absolute Gasteiger partial charge is 0.494 e. The summed E-state index contributed by atoms with van der Waals surface area (Å²) in [5.74, 6) is 0.962. The fourth-order valence-electron chi connectivity index (χ4n) is 5.31. The lowest BCUT2D eigenvalue weighted by Crippen LogP contribution is -1.99. The van der Waals surface area contributed by atoms with E-state index >= 15 is 0 Å². The zero-order chi connectivity index (χ0) is 27.5. The highest BCUT2D eigenvalue weighted by atomic mass is 16.5. The van der Waals surface area contributed by atoms with E-state index < -0.39 is 0 Å². The van der Waals surface area contributed by atoms with E-state index in [-0.39, 0.29) is 6.10 Å². The van der Waals surface area contributed by atoms with Crippen LogP contribution in [0.4, 0.5) is 0 Å². The number of benzene rings is 3. The van der Waals surface area contributed by atoms with Gasteiger partial charge in [0, 0.05) is 6.61 Å². The Bertz CT molecular complexity index is 1020. The van der Waals surface area contributed by atoms with Crippen LogP contribution in [0.2, 0.25) is 0 Å². The van der Waals surface area contributed by atoms with Crippen molar-refractivity contribution in [3.63, 3.8) is 0 Å². The summed E-state index contributed by atoms with van der Waals surface area (Å²) in [7, 11) is 0. The summed E-state index contributed by atoms with van der Waals surface area (Å²) in [5.41, 5.74) is 6.13. The third-order valence-corrected chi connectivity index (χ3v) is 7.72. The van der Waals surface area contributed by atoms with Crippen molar-refractivity contribution in [2.75, 3.05) is 13.2 Å². The second kappa shape index (κ2) is 18.7. The van der Waals surface area contributed by atoms with Crippen molar-refractivity contribution < 1.29 is 9.47 Å². The molecular weight excluding hydrogens is 476 g/mol. The highest BCUT2D eigenvalue weighted by Gasteiger charge is 2.09. The zero-order valence-electron chi connectivity index (χ0n) is 24.9. The van der Waals surface area contributed by atoms with E-state index in [9.17, 15) is 0 Å². The van der Waals surface area contributed by atoms with Gasteiger partial charge in [-0.15, -0.1) is 0 Å². The topological polar surface area (TPSA) is 18.5 Å². The van der Waals surface area contributed by atoms with Crippen molar-refractivity contribution in [2.24, 2.45) is 0 Å². The summed E-state index contributed by atoms with van der Waals surface area (Å²) >= 11 is 0. The molecule has 0 spiro atoms. The van der Waals surface area contributed by atoms with Crippen LogP contribution >= 0.6 is 0 Å². The van der Waals surface area contributed by atoms with Gasteiger partial charge in [-0.2, -0.15) is 0 Å². The third kappa shape index (κ3) is 11.2. The second-order valence-corrected chi connectivity index (χ2v) is 10.9. The molecule has 0 saturated carbocycles. The van der Waals surface area contributed by atoms with Crippen molar-refractivity contribution in [3.05, 3.63) is 78.4 Å². The Hall–Kier alpha value is -2.58. The summed E-state index contributed by atoms with van der Waals surface area (Å²) in [4.78, 5) is 0. The molecule has 3 aromatic carbocycles. The minimum atomic E-state index is 0.117. The van der Waals surface area contributed by atoms with Gasteiger partial charge in [-0.05, 0) is 60.2 Å². The fourth-order valence-corrected chi connectivity index (χ4v) is 5.31. The molecule has 0 saturated heterocycles. The molecule has 3 rings (SSSR count). The Morgan fingerprint density at radius 3 is 1.49 bits per heavy atom. The molecule has 0 aliphatic heterocycles. The zero-order valence-corrected chi connectivity index (χ0v) is 24.9. The molecule has 0 aliphatic carbocycles. The van der Waals surface area contributed by atoms with Gasteiger partial charge >= 0.3 is 0 Å². The molecule has 0 amide bonds. The standard InChI is InChI=1S/C37H52O2/c1-4-6-7-8-9-10-11-12-13-14-15-16-19-30-39-35-28-26-34(27-29-35)37-21-18-17-20-36(37)33-24-22-32(23-25-33)31(3)38-5-2/h17-18,20-29,31H,4-16,19,30H2,1-3H3. The molecule has 3 aromatic rings. The number of hydrogen-bond acceptors (Lipinski definition) is 2. The van der Waals surface area contributed by atoms with Gasteiger partial charge in [0.25, 0.3) is 0 Å². The molecule has 2 heteroatoms. The molecule has 39 heavy (non-hydrogen) atoms. The van der Waals surface area contributed by atoms with Crippen molar-refractivity contribution >= 4 is 0 Å². The third-order valence-electron chi connectivity index (χ3n) is 7.72. The van der Waals surface area contributed by atoms with Crippen LogP contribution in [-0.2, 0) is 4.74 Å². The number of rotatable bonds is 20. The van der Waals surface area contributed by atoms with E-state index in [0.29, 0.717) is 0 Å². The van der Waals surface area contributed by atoms with E-state index in [4.69, 9.17) is 9.47 Å². The Labute approximate surface area is 239 Å². The van der Waals surface area contributed by atoms with Gasteiger partial charge in [0.1, 0.15) is 5.75 Å². The first-order valence-electron chi connectivity index (χ1n) is 15.8. The van der Waals surface area contributed by atoms with Crippen LogP contribution in [-0.4, -0.2) is 13.2 Å². The van der Waals surface area contributed by atoms with Gasteiger partial charge in [0.15, 0.2) is 0 Å². The Balaban J connectivity index is 1.37. The van der Waals surface area contributed by atoms with Gasteiger partial charge < -0.3 is 9.47 Å². The summed E-state index contributed by atoms with van der Waals surface area (Å²) in [6.07, 6.45) is 18.0. The van der Waals surface area contributed by atoms with E-state index in [1.165, 1.54) is 105 Å². The van der Waals surface area contributed by atoms with Gasteiger partial charge in [-0.25, -0.2) is 0 Å². The molecule has 0 radical (unpaired) electrons. The smallest absolute Gasteiger partial charge is 0.119 e. The lowest BCUT2D eigenvalue weighted by molar-refractivity contribution is 0.0764. The summed E-state index contributed by atoms with van der Waals surface area (Å²) in [6, 6.07) is 26.0. The molecular formula is C37H52O2. The first kappa shape index (κ1) is 31.0. The molecule has 1 unspecified atom stereocenters. The minimum absolute atomic E-state index is 0.117. The Morgan fingerprint density at radius 1 is 0.538 bits per heavy atom. The van der Waals surface area contributed by atoms with E-state index in [0.717, 1.165) is 25.4 Å². The average molecular weight is 529 g/mol. The molecule has 212 valence electrons. The van der Waals surface area contributed by atoms with Crippen LogP contribution in [0.3, 0.4) is 0 Å². The van der Waals surface area contributed by atoms with Crippen LogP contribution in [0.5, 0.6) is 5.75 Å². The molecule has 0 fully saturated rings. The van der Waals surface area contributed by atoms with Crippen molar-refractivity contribution in [2.45, 2.75) is 110 Å². The second-order valence-electron chi connectivity index (χ2n) is 10.9.